The van der Waals surface area contributed by atoms with E-state index in [0.717, 1.165) is 16.8 Å². The van der Waals surface area contributed by atoms with Gasteiger partial charge in [0.2, 0.25) is 0 Å². The minimum atomic E-state index is -0.191. The fraction of sp³-hybridized carbons (Fsp3) is 0.286. The van der Waals surface area contributed by atoms with Crippen molar-refractivity contribution in [2.75, 3.05) is 5.32 Å². The van der Waals surface area contributed by atoms with Crippen LogP contribution in [0.25, 0.3) is 0 Å². The highest BCUT2D eigenvalue weighted by Crippen LogP contribution is 2.23. The van der Waals surface area contributed by atoms with E-state index in [4.69, 9.17) is 4.52 Å². The number of amides is 1. The van der Waals surface area contributed by atoms with E-state index >= 15 is 0 Å². The molecule has 0 spiro atoms. The number of aryl methyl sites for hydroxylation is 4. The molecule has 0 fully saturated rings. The van der Waals surface area contributed by atoms with Crippen LogP contribution in [0.4, 0.5) is 5.69 Å². The second kappa shape index (κ2) is 4.64. The van der Waals surface area contributed by atoms with Crippen molar-refractivity contribution in [3.05, 3.63) is 46.3 Å². The smallest absolute Gasteiger partial charge is 0.260 e. The molecular weight excluding hydrogens is 228 g/mol. The Morgan fingerprint density at radius 1 is 1.17 bits per heavy atom. The minimum Gasteiger partial charge on any atom is -0.361 e. The molecule has 4 nitrogen and oxygen atoms in total. The molecule has 0 saturated heterocycles. The molecular formula is C14H16N2O2. The summed E-state index contributed by atoms with van der Waals surface area (Å²) in [6.45, 7) is 7.72. The number of carbonyl (C=O) groups is 1. The molecule has 2 aromatic rings. The summed E-state index contributed by atoms with van der Waals surface area (Å²) in [5, 5.41) is 6.52. The number of hydrogen-bond donors (Lipinski definition) is 1. The van der Waals surface area contributed by atoms with Crippen LogP contribution in [-0.4, -0.2) is 11.1 Å². The average Bonchev–Trinajstić information content (AvgIpc) is 2.69. The Kier molecular flexibility index (Phi) is 3.19. The van der Waals surface area contributed by atoms with E-state index in [9.17, 15) is 4.79 Å². The number of carbonyl (C=O) groups excluding carboxylic acids is 1. The Hall–Kier alpha value is -2.10. The maximum absolute atomic E-state index is 12.1. The molecule has 0 aliphatic carbocycles. The third-order valence-corrected chi connectivity index (χ3v) is 2.91. The third kappa shape index (κ3) is 2.27. The highest BCUT2D eigenvalue weighted by Gasteiger charge is 2.15. The van der Waals surface area contributed by atoms with Crippen LogP contribution in [0.5, 0.6) is 0 Å². The molecule has 0 saturated carbocycles. The van der Waals surface area contributed by atoms with Crippen molar-refractivity contribution >= 4 is 11.6 Å². The zero-order valence-corrected chi connectivity index (χ0v) is 11.0. The summed E-state index contributed by atoms with van der Waals surface area (Å²) in [4.78, 5) is 12.1. The Bertz CT molecular complexity index is 577. The van der Waals surface area contributed by atoms with Crippen molar-refractivity contribution in [1.82, 2.24) is 5.16 Å². The van der Waals surface area contributed by atoms with Crippen molar-refractivity contribution in [2.24, 2.45) is 0 Å². The van der Waals surface area contributed by atoms with Gasteiger partial charge in [0.15, 0.2) is 0 Å². The summed E-state index contributed by atoms with van der Waals surface area (Å²) in [5.74, 6) is 0.332. The zero-order valence-electron chi connectivity index (χ0n) is 11.0. The normalized spacial score (nSPS) is 10.4. The Balaban J connectivity index is 2.31. The number of nitrogens with zero attached hydrogens (tertiary/aromatic N) is 1. The molecule has 2 rings (SSSR count). The first-order valence-corrected chi connectivity index (χ1v) is 5.79. The number of hydrogen-bond acceptors (Lipinski definition) is 3. The Morgan fingerprint density at radius 3 is 2.28 bits per heavy atom. The average molecular weight is 244 g/mol. The van der Waals surface area contributed by atoms with Crippen LogP contribution in [0, 0.1) is 27.7 Å². The van der Waals surface area contributed by atoms with E-state index in [1.165, 1.54) is 11.8 Å². The Morgan fingerprint density at radius 2 is 1.78 bits per heavy atom. The van der Waals surface area contributed by atoms with Crippen LogP contribution in [0.1, 0.15) is 32.8 Å². The summed E-state index contributed by atoms with van der Waals surface area (Å²) in [6.07, 6.45) is 1.43. The van der Waals surface area contributed by atoms with Crippen LogP contribution in [0.15, 0.2) is 22.9 Å². The van der Waals surface area contributed by atoms with Gasteiger partial charge in [0, 0.05) is 5.69 Å². The highest BCUT2D eigenvalue weighted by atomic mass is 16.5. The Labute approximate surface area is 106 Å². The number of anilines is 1. The monoisotopic (exact) mass is 244 g/mol. The molecule has 1 aromatic heterocycles. The van der Waals surface area contributed by atoms with Crippen LogP contribution in [0.3, 0.4) is 0 Å². The quantitative estimate of drug-likeness (QED) is 0.882. The van der Waals surface area contributed by atoms with Crippen molar-refractivity contribution in [2.45, 2.75) is 27.7 Å². The maximum atomic E-state index is 12.1. The van der Waals surface area contributed by atoms with E-state index in [2.05, 4.69) is 10.5 Å². The van der Waals surface area contributed by atoms with Crippen molar-refractivity contribution in [3.63, 3.8) is 0 Å². The number of rotatable bonds is 2. The summed E-state index contributed by atoms with van der Waals surface area (Å²) in [5.41, 5.74) is 4.61. The van der Waals surface area contributed by atoms with Gasteiger partial charge >= 0.3 is 0 Å². The molecule has 0 bridgehead atoms. The van der Waals surface area contributed by atoms with Crippen molar-refractivity contribution in [3.8, 4) is 0 Å². The number of aromatic nitrogens is 1. The van der Waals surface area contributed by atoms with Gasteiger partial charge in [-0.3, -0.25) is 4.79 Å². The molecule has 1 N–H and O–H groups in total. The predicted molar refractivity (Wildman–Crippen MR) is 69.8 cm³/mol. The zero-order chi connectivity index (χ0) is 13.3. The molecule has 1 aromatic carbocycles. The van der Waals surface area contributed by atoms with E-state index in [1.54, 1.807) is 6.92 Å². The molecule has 1 amide bonds. The number of nitrogens with one attached hydrogen (secondary N) is 1. The third-order valence-electron chi connectivity index (χ3n) is 2.91. The summed E-state index contributed by atoms with van der Waals surface area (Å²) in [6, 6.07) is 4.09. The fourth-order valence-electron chi connectivity index (χ4n) is 2.07. The molecule has 0 aliphatic heterocycles. The summed E-state index contributed by atoms with van der Waals surface area (Å²) >= 11 is 0. The van der Waals surface area contributed by atoms with E-state index in [0.29, 0.717) is 11.3 Å². The van der Waals surface area contributed by atoms with Gasteiger partial charge in [-0.15, -0.1) is 0 Å². The van der Waals surface area contributed by atoms with Gasteiger partial charge in [-0.1, -0.05) is 22.9 Å². The van der Waals surface area contributed by atoms with Gasteiger partial charge in [0.05, 0.1) is 6.20 Å². The van der Waals surface area contributed by atoms with Gasteiger partial charge < -0.3 is 9.84 Å². The lowest BCUT2D eigenvalue weighted by atomic mass is 10.0. The SMILES string of the molecule is Cc1cc(C)c(NC(=O)c2cnoc2C)c(C)c1. The molecule has 18 heavy (non-hydrogen) atoms. The minimum absolute atomic E-state index is 0.191. The maximum Gasteiger partial charge on any atom is 0.260 e. The molecule has 0 radical (unpaired) electrons. The van der Waals surface area contributed by atoms with Gasteiger partial charge in [-0.2, -0.15) is 0 Å². The predicted octanol–water partition coefficient (Wildman–Crippen LogP) is 3.16. The van der Waals surface area contributed by atoms with Gasteiger partial charge in [-0.25, -0.2) is 0 Å². The van der Waals surface area contributed by atoms with Gasteiger partial charge in [0.25, 0.3) is 5.91 Å². The van der Waals surface area contributed by atoms with Crippen LogP contribution >= 0.6 is 0 Å². The van der Waals surface area contributed by atoms with E-state index in [1.807, 2.05) is 32.9 Å². The summed E-state index contributed by atoms with van der Waals surface area (Å²) in [7, 11) is 0. The second-order valence-corrected chi connectivity index (χ2v) is 4.52. The van der Waals surface area contributed by atoms with Crippen molar-refractivity contribution in [1.29, 1.82) is 0 Å². The molecule has 1 heterocycles. The van der Waals surface area contributed by atoms with Gasteiger partial charge in [0.1, 0.15) is 11.3 Å². The second-order valence-electron chi connectivity index (χ2n) is 4.52. The van der Waals surface area contributed by atoms with Crippen LogP contribution < -0.4 is 5.32 Å². The molecule has 94 valence electrons. The number of benzene rings is 1. The summed E-state index contributed by atoms with van der Waals surface area (Å²) < 4.78 is 4.89. The largest absolute Gasteiger partial charge is 0.361 e. The molecule has 0 unspecified atom stereocenters. The first-order valence-electron chi connectivity index (χ1n) is 5.79. The lowest BCUT2D eigenvalue weighted by Gasteiger charge is -2.12. The lowest BCUT2D eigenvalue weighted by Crippen LogP contribution is -2.14. The van der Waals surface area contributed by atoms with Crippen molar-refractivity contribution < 1.29 is 9.32 Å². The lowest BCUT2D eigenvalue weighted by molar-refractivity contribution is 0.102. The fourth-order valence-corrected chi connectivity index (χ4v) is 2.07. The highest BCUT2D eigenvalue weighted by molar-refractivity contribution is 6.05. The molecule has 4 heteroatoms. The van der Waals surface area contributed by atoms with Crippen LogP contribution in [0.2, 0.25) is 0 Å². The molecule has 0 atom stereocenters. The topological polar surface area (TPSA) is 55.1 Å². The van der Waals surface area contributed by atoms with Crippen LogP contribution in [-0.2, 0) is 0 Å². The van der Waals surface area contributed by atoms with E-state index in [-0.39, 0.29) is 5.91 Å². The van der Waals surface area contributed by atoms with Gasteiger partial charge in [-0.05, 0) is 38.8 Å². The standard InChI is InChI=1S/C14H16N2O2/c1-8-5-9(2)13(10(3)6-8)16-14(17)12-7-15-18-11(12)4/h5-7H,1-4H3,(H,16,17). The first-order chi connectivity index (χ1) is 8.49. The first kappa shape index (κ1) is 12.4. The molecule has 0 aliphatic rings. The van der Waals surface area contributed by atoms with E-state index < -0.39 is 0 Å².